The highest BCUT2D eigenvalue weighted by atomic mass is 19.4. The molecule has 0 N–H and O–H groups in total. The van der Waals surface area contributed by atoms with E-state index in [1.807, 2.05) is 0 Å². The second-order valence-electron chi connectivity index (χ2n) is 11.5. The number of benzene rings is 4. The Morgan fingerprint density at radius 3 is 1.18 bits per heavy atom. The normalized spacial score (nSPS) is 10.4. The van der Waals surface area contributed by atoms with Crippen LogP contribution in [-0.4, -0.2) is 46.8 Å². The number of hydrogen-bond donors (Lipinski definition) is 0. The van der Waals surface area contributed by atoms with Crippen LogP contribution in [0.15, 0.2) is 115 Å². The summed E-state index contributed by atoms with van der Waals surface area (Å²) in [5.74, 6) is 0. The lowest BCUT2D eigenvalue weighted by Gasteiger charge is -2.22. The number of allylic oxidation sites excluding steroid dienone is 3. The zero-order chi connectivity index (χ0) is 35.8. The Morgan fingerprint density at radius 1 is 0.540 bits per heavy atom. The van der Waals surface area contributed by atoms with Gasteiger partial charge in [-0.2, -0.15) is 0 Å². The zero-order valence-corrected chi connectivity index (χ0v) is 30.4. The predicted octanol–water partition coefficient (Wildman–Crippen LogP) is 6.41. The fraction of sp³-hybridized carbons (Fsp3) is 0.286. The van der Waals surface area contributed by atoms with Crippen molar-refractivity contribution >= 4 is 42.3 Å². The Labute approximate surface area is 297 Å². The molecule has 0 atom stereocenters. The van der Waals surface area contributed by atoms with Crippen molar-refractivity contribution in [2.24, 2.45) is 0 Å². The average Bonchev–Trinajstić information content (AvgIpc) is 3.11. The maximum absolute atomic E-state index is 9.67. The summed E-state index contributed by atoms with van der Waals surface area (Å²) in [7, 11) is -3.67. The molecule has 0 bridgehead atoms. The van der Waals surface area contributed by atoms with Crippen molar-refractivity contribution in [2.75, 3.05) is 54.0 Å². The number of halogens is 4. The molecular weight excluding hydrogens is 633 g/mol. The summed E-state index contributed by atoms with van der Waals surface area (Å²) < 4.78 is 29.0. The van der Waals surface area contributed by atoms with E-state index in [4.69, 9.17) is 0 Å². The van der Waals surface area contributed by atoms with Gasteiger partial charge in [0.15, 0.2) is 0 Å². The average molecular weight is 685 g/mol. The SMILES string of the molecule is C=c1ccc(=C(C=CC=C(c2ccc(N(CC)CC)cc2)c2ccc(N(CC)CC)cc2)c2ccc(N(CC)CC)cc2)cc1.FB(F)F.[F-]. The van der Waals surface area contributed by atoms with Crippen LogP contribution in [0.25, 0.3) is 17.7 Å². The molecule has 0 spiro atoms. The standard InChI is InChI=1S/C42H51N3.BF3.FH/c1-8-43(9-2)38-27-21-35(22-28-38)41(34-19-17-33(7)18-20-34)15-14-16-42(36-23-29-39(30-24-36)44(10-3)11-4)37-25-31-40(32-26-37)45(12-5)13-6;2-1(3)4;/h14-32H,7-13H2,1-6H3;;1H/p-1. The molecule has 0 unspecified atom stereocenters. The Morgan fingerprint density at radius 2 is 0.860 bits per heavy atom. The van der Waals surface area contributed by atoms with Crippen LogP contribution in [0.2, 0.25) is 0 Å². The molecule has 3 nitrogen and oxygen atoms in total. The van der Waals surface area contributed by atoms with E-state index in [9.17, 15) is 12.9 Å². The first-order valence-electron chi connectivity index (χ1n) is 17.3. The van der Waals surface area contributed by atoms with Crippen molar-refractivity contribution in [3.63, 3.8) is 0 Å². The van der Waals surface area contributed by atoms with Gasteiger partial charge in [-0.3, -0.25) is 12.9 Å². The Hall–Kier alpha value is -4.72. The minimum atomic E-state index is -3.67. The highest BCUT2D eigenvalue weighted by Gasteiger charge is 2.10. The van der Waals surface area contributed by atoms with Crippen molar-refractivity contribution in [1.82, 2.24) is 0 Å². The van der Waals surface area contributed by atoms with E-state index in [2.05, 4.69) is 178 Å². The number of anilines is 3. The van der Waals surface area contributed by atoms with E-state index in [0.717, 1.165) is 44.5 Å². The third kappa shape index (κ3) is 11.7. The highest BCUT2D eigenvalue weighted by Crippen LogP contribution is 2.28. The van der Waals surface area contributed by atoms with Crippen LogP contribution >= 0.6 is 0 Å². The largest absolute Gasteiger partial charge is 1.00 e. The van der Waals surface area contributed by atoms with Gasteiger partial charge in [0.1, 0.15) is 0 Å². The van der Waals surface area contributed by atoms with E-state index in [1.165, 1.54) is 50.1 Å². The molecule has 0 saturated heterocycles. The molecule has 0 aromatic heterocycles. The first-order chi connectivity index (χ1) is 23.7. The number of nitrogens with zero attached hydrogens (tertiary/aromatic N) is 3. The van der Waals surface area contributed by atoms with Gasteiger partial charge < -0.3 is 19.4 Å². The van der Waals surface area contributed by atoms with Gasteiger partial charge in [0.25, 0.3) is 0 Å². The second kappa shape index (κ2) is 21.4. The summed E-state index contributed by atoms with van der Waals surface area (Å²) in [6.45, 7) is 23.3. The van der Waals surface area contributed by atoms with E-state index in [1.54, 1.807) is 0 Å². The van der Waals surface area contributed by atoms with Crippen molar-refractivity contribution in [1.29, 1.82) is 0 Å². The van der Waals surface area contributed by atoms with Gasteiger partial charge in [-0.15, -0.1) is 0 Å². The van der Waals surface area contributed by atoms with E-state index in [-0.39, 0.29) is 4.70 Å². The fourth-order valence-corrected chi connectivity index (χ4v) is 5.96. The van der Waals surface area contributed by atoms with Gasteiger partial charge in [0, 0.05) is 56.3 Å². The predicted molar refractivity (Wildman–Crippen MR) is 209 cm³/mol. The van der Waals surface area contributed by atoms with Gasteiger partial charge >= 0.3 is 7.54 Å². The summed E-state index contributed by atoms with van der Waals surface area (Å²) in [4.78, 5) is 7.15. The van der Waals surface area contributed by atoms with Crippen LogP contribution in [0.4, 0.5) is 30.0 Å². The van der Waals surface area contributed by atoms with Crippen LogP contribution in [0.1, 0.15) is 58.2 Å². The highest BCUT2D eigenvalue weighted by molar-refractivity contribution is 6.33. The summed E-state index contributed by atoms with van der Waals surface area (Å²) in [6, 6.07) is 35.5. The fourth-order valence-electron chi connectivity index (χ4n) is 5.96. The molecule has 4 rings (SSSR count). The lowest BCUT2D eigenvalue weighted by molar-refractivity contribution is -0.0000127. The van der Waals surface area contributed by atoms with E-state index in [0.29, 0.717) is 0 Å². The molecule has 0 aliphatic carbocycles. The summed E-state index contributed by atoms with van der Waals surface area (Å²) >= 11 is 0. The molecule has 0 aliphatic heterocycles. The van der Waals surface area contributed by atoms with Crippen LogP contribution < -0.4 is 29.8 Å². The van der Waals surface area contributed by atoms with Crippen LogP contribution in [-0.2, 0) is 0 Å². The molecule has 4 aromatic carbocycles. The van der Waals surface area contributed by atoms with Gasteiger partial charge in [-0.1, -0.05) is 85.5 Å². The molecule has 0 saturated carbocycles. The third-order valence-electron chi connectivity index (χ3n) is 8.71. The summed E-state index contributed by atoms with van der Waals surface area (Å²) in [5.41, 5.74) is 9.76. The molecular formula is C42H51BF4N3-. The molecule has 0 fully saturated rings. The number of rotatable bonds is 14. The summed E-state index contributed by atoms with van der Waals surface area (Å²) in [6.07, 6.45) is 6.72. The van der Waals surface area contributed by atoms with E-state index < -0.39 is 7.54 Å². The van der Waals surface area contributed by atoms with Crippen LogP contribution in [0, 0.1) is 0 Å². The van der Waals surface area contributed by atoms with Crippen LogP contribution in [0.3, 0.4) is 0 Å². The molecule has 0 heterocycles. The molecule has 50 heavy (non-hydrogen) atoms. The van der Waals surface area contributed by atoms with Crippen molar-refractivity contribution in [3.05, 3.63) is 142 Å². The number of hydrogen-bond acceptors (Lipinski definition) is 3. The van der Waals surface area contributed by atoms with Crippen molar-refractivity contribution < 1.29 is 17.7 Å². The van der Waals surface area contributed by atoms with Gasteiger partial charge in [0.05, 0.1) is 0 Å². The first-order valence-corrected chi connectivity index (χ1v) is 17.3. The van der Waals surface area contributed by atoms with Gasteiger partial charge in [0.2, 0.25) is 0 Å². The van der Waals surface area contributed by atoms with Gasteiger partial charge in [-0.25, -0.2) is 0 Å². The van der Waals surface area contributed by atoms with Crippen molar-refractivity contribution in [2.45, 2.75) is 41.5 Å². The summed E-state index contributed by atoms with van der Waals surface area (Å²) in [5, 5.41) is 2.19. The molecule has 266 valence electrons. The van der Waals surface area contributed by atoms with Gasteiger partial charge in [-0.05, 0) is 116 Å². The Bertz CT molecular complexity index is 1640. The molecule has 0 radical (unpaired) electrons. The smallest absolute Gasteiger partial charge is 0.762 e. The first kappa shape index (κ1) is 41.5. The zero-order valence-electron chi connectivity index (χ0n) is 30.4. The third-order valence-corrected chi connectivity index (χ3v) is 8.71. The lowest BCUT2D eigenvalue weighted by Crippen LogP contribution is -3.00. The molecule has 0 amide bonds. The Balaban J connectivity index is 0.00000164. The Kier molecular flexibility index (Phi) is 17.7. The minimum Gasteiger partial charge on any atom is -1.00 e. The molecule has 8 heteroatoms. The lowest BCUT2D eigenvalue weighted by atomic mass is 9.96. The monoisotopic (exact) mass is 684 g/mol. The van der Waals surface area contributed by atoms with Crippen molar-refractivity contribution in [3.8, 4) is 0 Å². The topological polar surface area (TPSA) is 9.72 Å². The quantitative estimate of drug-likeness (QED) is 0.0865. The second-order valence-corrected chi connectivity index (χ2v) is 11.5. The minimum absolute atomic E-state index is 0. The molecule has 4 aromatic rings. The van der Waals surface area contributed by atoms with E-state index >= 15 is 0 Å². The van der Waals surface area contributed by atoms with Crippen LogP contribution in [0.5, 0.6) is 0 Å². The maximum Gasteiger partial charge on any atom is 0.762 e. The molecule has 0 aliphatic rings. The maximum atomic E-state index is 9.67.